The molecule has 6 nitrogen and oxygen atoms in total. The number of aliphatic hydroxyl groups is 1. The third-order valence-electron chi connectivity index (χ3n) is 8.03. The first kappa shape index (κ1) is 27.3. The Morgan fingerprint density at radius 3 is 2.59 bits per heavy atom. The number of aliphatic hydroxyl groups excluding tert-OH is 1. The van der Waals surface area contributed by atoms with Gasteiger partial charge < -0.3 is 24.2 Å². The molecule has 4 atom stereocenters. The monoisotopic (exact) mass is 539 g/mol. The Labute approximate surface area is 227 Å². The quantitative estimate of drug-likeness (QED) is 0.460. The Balaban J connectivity index is 1.36. The van der Waals surface area contributed by atoms with E-state index in [1.54, 1.807) is 4.90 Å². The number of allylic oxidation sites excluding steroid dienone is 2. The van der Waals surface area contributed by atoms with Crippen LogP contribution in [0, 0.1) is 23.5 Å². The van der Waals surface area contributed by atoms with E-state index in [1.165, 1.54) is 19.2 Å². The number of nitrogens with zero attached hydrogens (tertiary/aromatic N) is 1. The van der Waals surface area contributed by atoms with Crippen LogP contribution in [0.4, 0.5) is 8.78 Å². The van der Waals surface area contributed by atoms with Gasteiger partial charge in [-0.3, -0.25) is 4.79 Å². The maximum Gasteiger partial charge on any atom is 0.256 e. The average molecular weight is 540 g/mol. The fourth-order valence-corrected chi connectivity index (χ4v) is 5.93. The molecular weight excluding hydrogens is 504 g/mol. The van der Waals surface area contributed by atoms with Crippen LogP contribution in [0.5, 0.6) is 0 Å². The summed E-state index contributed by atoms with van der Waals surface area (Å²) >= 11 is 0. The number of methoxy groups -OCH3 is 1. The van der Waals surface area contributed by atoms with Crippen LogP contribution in [-0.4, -0.2) is 48.3 Å². The topological polar surface area (TPSA) is 68.2 Å². The molecule has 8 heteroatoms. The summed E-state index contributed by atoms with van der Waals surface area (Å²) in [5.41, 5.74) is 1.03. The average Bonchev–Trinajstić information content (AvgIpc) is 3.48. The molecule has 1 N–H and O–H groups in total. The summed E-state index contributed by atoms with van der Waals surface area (Å²) in [5.74, 6) is -0.700. The second-order valence-corrected chi connectivity index (χ2v) is 10.5. The van der Waals surface area contributed by atoms with Crippen molar-refractivity contribution < 1.29 is 32.9 Å². The van der Waals surface area contributed by atoms with Gasteiger partial charge in [0.15, 0.2) is 11.9 Å². The number of likely N-dealkylation sites (tertiary alicyclic amines) is 1. The van der Waals surface area contributed by atoms with E-state index in [-0.39, 0.29) is 42.6 Å². The number of amides is 1. The van der Waals surface area contributed by atoms with Crippen LogP contribution in [0.3, 0.4) is 0 Å². The molecule has 1 heterocycles. The molecule has 2 aromatic rings. The standard InChI is InChI=1S/C31H35F2NO5/c1-37-28-14-12-21-17-34(31(36)29(20-7-3-2-4-8-20)39-25-9-5-6-10-25)24(18-35)16-26(21)30(28)38-19-22-11-13-23(32)15-27(22)33/h2-4,7-8,11-15,21,24-26,29,35H,5-6,9-10,16-19H2,1H3/t21?,24?,26?,29-/m1/s1. The summed E-state index contributed by atoms with van der Waals surface area (Å²) in [6.07, 6.45) is 7.61. The van der Waals surface area contributed by atoms with Gasteiger partial charge in [0.2, 0.25) is 0 Å². The van der Waals surface area contributed by atoms with Crippen molar-refractivity contribution in [3.63, 3.8) is 0 Å². The number of benzene rings is 2. The highest BCUT2D eigenvalue weighted by atomic mass is 19.1. The van der Waals surface area contributed by atoms with Crippen molar-refractivity contribution in [2.45, 2.75) is 57.0 Å². The zero-order chi connectivity index (χ0) is 27.4. The highest BCUT2D eigenvalue weighted by molar-refractivity contribution is 5.83. The molecule has 0 spiro atoms. The van der Waals surface area contributed by atoms with Gasteiger partial charge in [0.25, 0.3) is 5.91 Å². The van der Waals surface area contributed by atoms with Gasteiger partial charge in [-0.15, -0.1) is 0 Å². The second-order valence-electron chi connectivity index (χ2n) is 10.5. The lowest BCUT2D eigenvalue weighted by Crippen LogP contribution is -2.54. The second kappa shape index (κ2) is 12.3. The summed E-state index contributed by atoms with van der Waals surface area (Å²) in [4.78, 5) is 15.8. The van der Waals surface area contributed by atoms with Crippen LogP contribution in [0.1, 0.15) is 49.3 Å². The molecule has 0 aromatic heterocycles. The number of fused-ring (bicyclic) bond motifs is 1. The number of hydrogen-bond donors (Lipinski definition) is 1. The summed E-state index contributed by atoms with van der Waals surface area (Å²) in [7, 11) is 1.54. The smallest absolute Gasteiger partial charge is 0.256 e. The Bertz CT molecular complexity index is 1210. The van der Waals surface area contributed by atoms with Crippen LogP contribution in [0.15, 0.2) is 72.2 Å². The first-order valence-electron chi connectivity index (χ1n) is 13.6. The Morgan fingerprint density at radius 2 is 1.90 bits per heavy atom. The van der Waals surface area contributed by atoms with Crippen molar-refractivity contribution in [1.29, 1.82) is 0 Å². The molecule has 1 saturated heterocycles. The zero-order valence-electron chi connectivity index (χ0n) is 22.1. The number of halogens is 2. The van der Waals surface area contributed by atoms with E-state index in [4.69, 9.17) is 14.2 Å². The molecule has 0 radical (unpaired) electrons. The highest BCUT2D eigenvalue weighted by Crippen LogP contribution is 2.41. The van der Waals surface area contributed by atoms with Crippen LogP contribution in [0.25, 0.3) is 0 Å². The van der Waals surface area contributed by atoms with Gasteiger partial charge in [-0.1, -0.05) is 49.2 Å². The maximum atomic E-state index is 14.3. The maximum absolute atomic E-state index is 14.3. The van der Waals surface area contributed by atoms with Gasteiger partial charge in [0, 0.05) is 30.0 Å². The van der Waals surface area contributed by atoms with Gasteiger partial charge >= 0.3 is 0 Å². The van der Waals surface area contributed by atoms with Crippen molar-refractivity contribution in [3.8, 4) is 0 Å². The van der Waals surface area contributed by atoms with Gasteiger partial charge in [-0.05, 0) is 43.0 Å². The highest BCUT2D eigenvalue weighted by Gasteiger charge is 2.44. The Kier molecular flexibility index (Phi) is 8.63. The normalized spacial score (nSPS) is 24.0. The van der Waals surface area contributed by atoms with Gasteiger partial charge in [-0.2, -0.15) is 0 Å². The third kappa shape index (κ3) is 6.02. The molecule has 208 valence electrons. The van der Waals surface area contributed by atoms with Gasteiger partial charge in [0.1, 0.15) is 24.0 Å². The third-order valence-corrected chi connectivity index (χ3v) is 8.03. The van der Waals surface area contributed by atoms with Crippen molar-refractivity contribution in [1.82, 2.24) is 4.90 Å². The molecule has 1 amide bonds. The number of rotatable bonds is 9. The summed E-state index contributed by atoms with van der Waals surface area (Å²) < 4.78 is 45.7. The zero-order valence-corrected chi connectivity index (χ0v) is 22.1. The lowest BCUT2D eigenvalue weighted by Gasteiger charge is -2.45. The van der Waals surface area contributed by atoms with E-state index in [0.29, 0.717) is 24.5 Å². The van der Waals surface area contributed by atoms with Gasteiger partial charge in [0.05, 0.1) is 25.9 Å². The molecule has 2 aliphatic carbocycles. The minimum absolute atomic E-state index is 0.0397. The fourth-order valence-electron chi connectivity index (χ4n) is 5.93. The number of carbonyl (C=O) groups excluding carboxylic acids is 1. The van der Waals surface area contributed by atoms with Crippen molar-refractivity contribution in [2.24, 2.45) is 11.8 Å². The molecule has 5 rings (SSSR count). The van der Waals surface area contributed by atoms with Crippen molar-refractivity contribution in [2.75, 3.05) is 20.3 Å². The molecule has 3 aliphatic rings. The largest absolute Gasteiger partial charge is 0.493 e. The Hall–Kier alpha value is -3.23. The molecule has 2 aromatic carbocycles. The van der Waals surface area contributed by atoms with Crippen LogP contribution in [-0.2, 0) is 25.6 Å². The lowest BCUT2D eigenvalue weighted by molar-refractivity contribution is -0.155. The predicted molar refractivity (Wildman–Crippen MR) is 141 cm³/mol. The molecule has 1 saturated carbocycles. The van der Waals surface area contributed by atoms with E-state index in [9.17, 15) is 18.7 Å². The number of carbonyl (C=O) groups is 1. The molecule has 39 heavy (non-hydrogen) atoms. The summed E-state index contributed by atoms with van der Waals surface area (Å²) in [5, 5.41) is 10.4. The van der Waals surface area contributed by atoms with Crippen LogP contribution >= 0.6 is 0 Å². The Morgan fingerprint density at radius 1 is 1.13 bits per heavy atom. The number of hydrogen-bond acceptors (Lipinski definition) is 5. The lowest BCUT2D eigenvalue weighted by atomic mass is 9.77. The van der Waals surface area contributed by atoms with E-state index in [2.05, 4.69) is 0 Å². The molecule has 2 fully saturated rings. The van der Waals surface area contributed by atoms with E-state index in [0.717, 1.165) is 37.3 Å². The number of ether oxygens (including phenoxy) is 3. The van der Waals surface area contributed by atoms with Crippen LogP contribution < -0.4 is 0 Å². The van der Waals surface area contributed by atoms with E-state index < -0.39 is 23.8 Å². The minimum Gasteiger partial charge on any atom is -0.493 e. The van der Waals surface area contributed by atoms with Crippen molar-refractivity contribution in [3.05, 3.63) is 95.0 Å². The minimum atomic E-state index is -0.741. The predicted octanol–water partition coefficient (Wildman–Crippen LogP) is 5.44. The van der Waals surface area contributed by atoms with Gasteiger partial charge in [-0.25, -0.2) is 8.78 Å². The summed E-state index contributed by atoms with van der Waals surface area (Å²) in [6, 6.07) is 12.5. The van der Waals surface area contributed by atoms with Crippen LogP contribution in [0.2, 0.25) is 0 Å². The summed E-state index contributed by atoms with van der Waals surface area (Å²) in [6.45, 7) is 0.0618. The fraction of sp³-hybridized carbons (Fsp3) is 0.452. The SMILES string of the molecule is COC1=C(OCc2ccc(F)cc2F)C2CC(CO)N(C(=O)[C@H](OC3CCCC3)c3ccccc3)CC2C=C1. The molecule has 0 bridgehead atoms. The van der Waals surface area contributed by atoms with E-state index >= 15 is 0 Å². The number of piperidine rings is 1. The molecular formula is C31H35F2NO5. The first-order chi connectivity index (χ1) is 19.0. The first-order valence-corrected chi connectivity index (χ1v) is 13.6. The van der Waals surface area contributed by atoms with Crippen molar-refractivity contribution >= 4 is 5.91 Å². The molecule has 3 unspecified atom stereocenters. The van der Waals surface area contributed by atoms with E-state index in [1.807, 2.05) is 42.5 Å². The molecule has 1 aliphatic heterocycles.